The second-order valence-electron chi connectivity index (χ2n) is 7.08. The molecule has 1 aliphatic rings. The lowest BCUT2D eigenvalue weighted by molar-refractivity contribution is -0.917. The molecule has 1 heterocycles. The van der Waals surface area contributed by atoms with Gasteiger partial charge in [-0.3, -0.25) is 10.1 Å². The monoisotopic (exact) mass is 452 g/mol. The summed E-state index contributed by atoms with van der Waals surface area (Å²) in [7, 11) is 0.994. The van der Waals surface area contributed by atoms with Crippen LogP contribution in [0.15, 0.2) is 41.3 Å². The van der Waals surface area contributed by atoms with Crippen LogP contribution >= 0.6 is 0 Å². The highest BCUT2D eigenvalue weighted by Crippen LogP contribution is 2.39. The number of benzene rings is 2. The summed E-state index contributed by atoms with van der Waals surface area (Å²) in [5.41, 5.74) is 0.805. The van der Waals surface area contributed by atoms with Crippen LogP contribution in [0.25, 0.3) is 0 Å². The minimum absolute atomic E-state index is 0.0584. The molecule has 1 saturated heterocycles. The van der Waals surface area contributed by atoms with Crippen LogP contribution in [0, 0.1) is 10.1 Å². The molecule has 1 aliphatic heterocycles. The molecule has 11 heteroatoms. The molecule has 3 rings (SSSR count). The molecule has 0 unspecified atom stereocenters. The summed E-state index contributed by atoms with van der Waals surface area (Å²) in [5.74, 6) is 1.72. The molecular weight excluding hydrogens is 426 g/mol. The van der Waals surface area contributed by atoms with E-state index in [1.165, 1.54) is 33.5 Å². The van der Waals surface area contributed by atoms with E-state index in [0.717, 1.165) is 5.56 Å². The number of rotatable bonds is 8. The molecule has 0 aromatic heterocycles. The third-order valence-corrected chi connectivity index (χ3v) is 7.25. The first-order chi connectivity index (χ1) is 14.8. The number of nitro groups is 1. The van der Waals surface area contributed by atoms with Gasteiger partial charge in [0.15, 0.2) is 11.5 Å². The molecule has 2 aromatic rings. The summed E-state index contributed by atoms with van der Waals surface area (Å²) < 4.78 is 43.5. The van der Waals surface area contributed by atoms with Crippen LogP contribution < -0.4 is 19.1 Å². The number of quaternary nitrogens is 1. The molecule has 0 radical (unpaired) electrons. The second-order valence-corrected chi connectivity index (χ2v) is 9.01. The topological polar surface area (TPSA) is 113 Å². The van der Waals surface area contributed by atoms with E-state index in [4.69, 9.17) is 14.2 Å². The smallest absolute Gasteiger partial charge is 0.269 e. The predicted molar refractivity (Wildman–Crippen MR) is 112 cm³/mol. The largest absolute Gasteiger partial charge is 0.493 e. The minimum Gasteiger partial charge on any atom is -0.493 e. The van der Waals surface area contributed by atoms with Gasteiger partial charge >= 0.3 is 0 Å². The van der Waals surface area contributed by atoms with Gasteiger partial charge in [0.05, 0.1) is 62.9 Å². The number of methoxy groups -OCH3 is 3. The van der Waals surface area contributed by atoms with Gasteiger partial charge in [0.1, 0.15) is 6.54 Å². The molecule has 0 spiro atoms. The number of nitrogens with zero attached hydrogens (tertiary/aromatic N) is 2. The molecule has 1 fully saturated rings. The average molecular weight is 453 g/mol. The van der Waals surface area contributed by atoms with Gasteiger partial charge in [-0.2, -0.15) is 4.31 Å². The SMILES string of the molecule is COc1ccc(C[NH+]2CCN(S(=O)(=O)c3ccc([N+](=O)[O-])cc3)CC2)c(OC)c1OC. The summed E-state index contributed by atoms with van der Waals surface area (Å²) in [6, 6.07) is 8.72. The predicted octanol–water partition coefficient (Wildman–Crippen LogP) is 0.710. The minimum atomic E-state index is -3.70. The lowest BCUT2D eigenvalue weighted by Gasteiger charge is -2.32. The molecule has 31 heavy (non-hydrogen) atoms. The Morgan fingerprint density at radius 1 is 0.968 bits per heavy atom. The standard InChI is InChI=1S/C20H25N3O7S/c1-28-18-9-4-15(19(29-2)20(18)30-3)14-21-10-12-22(13-11-21)31(26,27)17-7-5-16(6-8-17)23(24)25/h4-9H,10-14H2,1-3H3/p+1. The Hall–Kier alpha value is -2.89. The van der Waals surface area contributed by atoms with Crippen LogP contribution in [-0.2, 0) is 16.6 Å². The van der Waals surface area contributed by atoms with Crippen molar-refractivity contribution in [3.05, 3.63) is 52.1 Å². The van der Waals surface area contributed by atoms with Gasteiger partial charge in [-0.1, -0.05) is 0 Å². The Balaban J connectivity index is 1.69. The van der Waals surface area contributed by atoms with E-state index in [1.54, 1.807) is 21.3 Å². The fourth-order valence-corrected chi connectivity index (χ4v) is 5.12. The third-order valence-electron chi connectivity index (χ3n) is 5.34. The molecule has 0 aliphatic carbocycles. The van der Waals surface area contributed by atoms with E-state index in [9.17, 15) is 18.5 Å². The van der Waals surface area contributed by atoms with Crippen molar-refractivity contribution >= 4 is 15.7 Å². The Morgan fingerprint density at radius 3 is 2.10 bits per heavy atom. The van der Waals surface area contributed by atoms with Gasteiger partial charge in [-0.25, -0.2) is 8.42 Å². The molecule has 0 bridgehead atoms. The maximum Gasteiger partial charge on any atom is 0.269 e. The fourth-order valence-electron chi connectivity index (χ4n) is 3.68. The number of ether oxygens (including phenoxy) is 3. The van der Waals surface area contributed by atoms with Gasteiger partial charge in [0.2, 0.25) is 15.8 Å². The van der Waals surface area contributed by atoms with E-state index in [2.05, 4.69) is 0 Å². The van der Waals surface area contributed by atoms with Crippen molar-refractivity contribution in [2.45, 2.75) is 11.4 Å². The van der Waals surface area contributed by atoms with E-state index >= 15 is 0 Å². The van der Waals surface area contributed by atoms with Gasteiger partial charge in [0, 0.05) is 12.1 Å². The van der Waals surface area contributed by atoms with Crippen molar-refractivity contribution < 1.29 is 32.5 Å². The summed E-state index contributed by atoms with van der Waals surface area (Å²) in [6.45, 7) is 2.58. The Morgan fingerprint density at radius 2 is 1.58 bits per heavy atom. The molecule has 168 valence electrons. The van der Waals surface area contributed by atoms with Crippen molar-refractivity contribution in [2.24, 2.45) is 0 Å². The van der Waals surface area contributed by atoms with Crippen LogP contribution in [0.4, 0.5) is 5.69 Å². The number of hydrogen-bond acceptors (Lipinski definition) is 7. The molecule has 1 N–H and O–H groups in total. The number of nitro benzene ring substituents is 1. The highest BCUT2D eigenvalue weighted by Gasteiger charge is 2.31. The Labute approximate surface area is 181 Å². The van der Waals surface area contributed by atoms with Crippen LogP contribution in [0.2, 0.25) is 0 Å². The third kappa shape index (κ3) is 4.73. The van der Waals surface area contributed by atoms with Gasteiger partial charge in [-0.15, -0.1) is 0 Å². The lowest BCUT2D eigenvalue weighted by Crippen LogP contribution is -3.13. The van der Waals surface area contributed by atoms with E-state index in [0.29, 0.717) is 50.0 Å². The molecule has 0 atom stereocenters. The van der Waals surface area contributed by atoms with Gasteiger partial charge < -0.3 is 19.1 Å². The van der Waals surface area contributed by atoms with Crippen LogP contribution in [0.3, 0.4) is 0 Å². The molecular formula is C20H26N3O7S+. The first-order valence-corrected chi connectivity index (χ1v) is 11.1. The molecule has 2 aromatic carbocycles. The van der Waals surface area contributed by atoms with Crippen LogP contribution in [0.5, 0.6) is 17.2 Å². The second kappa shape index (κ2) is 9.50. The van der Waals surface area contributed by atoms with Crippen molar-refractivity contribution in [3.63, 3.8) is 0 Å². The summed E-state index contributed by atoms with van der Waals surface area (Å²) >= 11 is 0. The normalized spacial score (nSPS) is 15.5. The zero-order valence-corrected chi connectivity index (χ0v) is 18.5. The zero-order chi connectivity index (χ0) is 22.6. The van der Waals surface area contributed by atoms with Crippen molar-refractivity contribution in [2.75, 3.05) is 47.5 Å². The Bertz CT molecular complexity index is 1030. The van der Waals surface area contributed by atoms with E-state index < -0.39 is 14.9 Å². The number of hydrogen-bond donors (Lipinski definition) is 1. The fraction of sp³-hybridized carbons (Fsp3) is 0.400. The summed E-state index contributed by atoms with van der Waals surface area (Å²) in [6.07, 6.45) is 0. The zero-order valence-electron chi connectivity index (χ0n) is 17.7. The van der Waals surface area contributed by atoms with E-state index in [1.807, 2.05) is 12.1 Å². The van der Waals surface area contributed by atoms with Crippen LogP contribution in [0.1, 0.15) is 5.56 Å². The van der Waals surface area contributed by atoms with Crippen molar-refractivity contribution in [1.82, 2.24) is 4.31 Å². The highest BCUT2D eigenvalue weighted by molar-refractivity contribution is 7.89. The van der Waals surface area contributed by atoms with Crippen LogP contribution in [-0.4, -0.2) is 65.2 Å². The molecule has 0 saturated carbocycles. The van der Waals surface area contributed by atoms with Crippen molar-refractivity contribution in [1.29, 1.82) is 0 Å². The highest BCUT2D eigenvalue weighted by atomic mass is 32.2. The number of sulfonamides is 1. The number of piperazine rings is 1. The van der Waals surface area contributed by atoms with Gasteiger partial charge in [0.25, 0.3) is 5.69 Å². The number of non-ortho nitro benzene ring substituents is 1. The lowest BCUT2D eigenvalue weighted by atomic mass is 10.1. The summed E-state index contributed by atoms with van der Waals surface area (Å²) in [5, 5.41) is 10.8. The van der Waals surface area contributed by atoms with Crippen molar-refractivity contribution in [3.8, 4) is 17.2 Å². The van der Waals surface area contributed by atoms with Gasteiger partial charge in [-0.05, 0) is 24.3 Å². The first-order valence-electron chi connectivity index (χ1n) is 9.67. The molecule has 10 nitrogen and oxygen atoms in total. The maximum atomic E-state index is 12.9. The Kier molecular flexibility index (Phi) is 6.98. The number of nitrogens with one attached hydrogen (secondary N) is 1. The first kappa shape index (κ1) is 22.8. The average Bonchev–Trinajstić information content (AvgIpc) is 2.79. The van der Waals surface area contributed by atoms with E-state index in [-0.39, 0.29) is 10.6 Å². The quantitative estimate of drug-likeness (QED) is 0.464. The summed E-state index contributed by atoms with van der Waals surface area (Å²) in [4.78, 5) is 11.5. The molecule has 0 amide bonds. The maximum absolute atomic E-state index is 12.9.